The fraction of sp³-hybridized carbons (Fsp3) is 0.435. The highest BCUT2D eigenvalue weighted by atomic mass is 35.5. The molecular formula is C23H29Cl2N5O3. The molecule has 0 unspecified atom stereocenters. The first-order valence-corrected chi connectivity index (χ1v) is 10.9. The zero-order chi connectivity index (χ0) is 21.4. The standard InChI is InChI=1S/C23H27N5O3.2ClH/c1-16-8-11-28(17-6-9-24-10-7-17)22(30)20(16)21(29)26-12-14-27(15-13-26)23-25-18-4-2-3-5-19(18)31-23;;/h2-5,8,11,17,24H,6-7,9-10,12-15H2,1H3;2*1H. The van der Waals surface area contributed by atoms with Gasteiger partial charge in [-0.3, -0.25) is 9.59 Å². The SMILES string of the molecule is Cc1ccn(C2CCNCC2)c(=O)c1C(=O)N1CCN(c2nc3ccccc3o2)CC1.Cl.Cl. The van der Waals surface area contributed by atoms with Crippen molar-refractivity contribution in [1.29, 1.82) is 0 Å². The van der Waals surface area contributed by atoms with Gasteiger partial charge in [0.1, 0.15) is 11.1 Å². The van der Waals surface area contributed by atoms with Crippen LogP contribution in [0.1, 0.15) is 34.8 Å². The molecule has 2 aliphatic heterocycles. The summed E-state index contributed by atoms with van der Waals surface area (Å²) in [6.07, 6.45) is 3.65. The highest BCUT2D eigenvalue weighted by Crippen LogP contribution is 2.23. The summed E-state index contributed by atoms with van der Waals surface area (Å²) in [5.41, 5.74) is 2.46. The summed E-state index contributed by atoms with van der Waals surface area (Å²) in [5, 5.41) is 3.32. The Kier molecular flexibility index (Phi) is 8.05. The lowest BCUT2D eigenvalue weighted by Crippen LogP contribution is -2.50. The molecule has 2 aliphatic rings. The van der Waals surface area contributed by atoms with Crippen molar-refractivity contribution in [2.45, 2.75) is 25.8 Å². The highest BCUT2D eigenvalue weighted by molar-refractivity contribution is 5.95. The number of anilines is 1. The number of benzene rings is 1. The molecule has 2 aromatic heterocycles. The maximum atomic E-state index is 13.3. The third-order valence-corrected chi connectivity index (χ3v) is 6.36. The highest BCUT2D eigenvalue weighted by Gasteiger charge is 2.28. The van der Waals surface area contributed by atoms with Crippen LogP contribution in [0.15, 0.2) is 45.7 Å². The van der Waals surface area contributed by atoms with Gasteiger partial charge in [-0.1, -0.05) is 12.1 Å². The number of piperazine rings is 1. The number of hydrogen-bond acceptors (Lipinski definition) is 6. The third-order valence-electron chi connectivity index (χ3n) is 6.36. The summed E-state index contributed by atoms with van der Waals surface area (Å²) in [7, 11) is 0. The van der Waals surface area contributed by atoms with Gasteiger partial charge in [-0.2, -0.15) is 4.98 Å². The minimum Gasteiger partial charge on any atom is -0.423 e. The van der Waals surface area contributed by atoms with Crippen LogP contribution in [0.25, 0.3) is 11.1 Å². The van der Waals surface area contributed by atoms with E-state index in [0.717, 1.165) is 42.6 Å². The molecular weight excluding hydrogens is 465 g/mol. The molecule has 10 heteroatoms. The predicted octanol–water partition coefficient (Wildman–Crippen LogP) is 3.03. The summed E-state index contributed by atoms with van der Waals surface area (Å²) >= 11 is 0. The van der Waals surface area contributed by atoms with Crippen LogP contribution in [0.4, 0.5) is 6.01 Å². The second-order valence-electron chi connectivity index (χ2n) is 8.31. The van der Waals surface area contributed by atoms with Crippen LogP contribution in [0, 0.1) is 6.92 Å². The number of aromatic nitrogens is 2. The number of para-hydroxylation sites is 2. The first-order valence-electron chi connectivity index (χ1n) is 10.9. The van der Waals surface area contributed by atoms with E-state index < -0.39 is 0 Å². The summed E-state index contributed by atoms with van der Waals surface area (Å²) in [4.78, 5) is 34.9. The Labute approximate surface area is 204 Å². The number of aryl methyl sites for hydroxylation is 1. The Hall–Kier alpha value is -2.55. The van der Waals surface area contributed by atoms with Crippen LogP contribution in [-0.4, -0.2) is 59.6 Å². The second kappa shape index (κ2) is 10.6. The van der Waals surface area contributed by atoms with E-state index in [0.29, 0.717) is 37.8 Å². The van der Waals surface area contributed by atoms with Gasteiger partial charge in [0, 0.05) is 38.4 Å². The minimum atomic E-state index is -0.178. The Morgan fingerprint density at radius 2 is 1.76 bits per heavy atom. The lowest BCUT2D eigenvalue weighted by Gasteiger charge is -2.34. The molecule has 33 heavy (non-hydrogen) atoms. The number of oxazole rings is 1. The predicted molar refractivity (Wildman–Crippen MR) is 133 cm³/mol. The van der Waals surface area contributed by atoms with Crippen LogP contribution in [-0.2, 0) is 0 Å². The van der Waals surface area contributed by atoms with Gasteiger partial charge in [0.15, 0.2) is 5.58 Å². The fourth-order valence-electron chi connectivity index (χ4n) is 4.53. The van der Waals surface area contributed by atoms with E-state index in [1.165, 1.54) is 0 Å². The largest absolute Gasteiger partial charge is 0.423 e. The number of hydrogen-bond donors (Lipinski definition) is 1. The van der Waals surface area contributed by atoms with Gasteiger partial charge in [-0.05, 0) is 56.6 Å². The summed E-state index contributed by atoms with van der Waals surface area (Å²) in [6.45, 7) is 5.92. The first kappa shape index (κ1) is 25.1. The zero-order valence-electron chi connectivity index (χ0n) is 18.5. The van der Waals surface area contributed by atoms with Crippen molar-refractivity contribution in [3.63, 3.8) is 0 Å². The van der Waals surface area contributed by atoms with Crippen molar-refractivity contribution >= 4 is 47.8 Å². The molecule has 0 bridgehead atoms. The lowest BCUT2D eigenvalue weighted by atomic mass is 10.0. The van der Waals surface area contributed by atoms with E-state index >= 15 is 0 Å². The molecule has 2 fully saturated rings. The third kappa shape index (κ3) is 4.88. The number of halogens is 2. The molecule has 0 atom stereocenters. The van der Waals surface area contributed by atoms with Gasteiger partial charge in [0.25, 0.3) is 17.5 Å². The van der Waals surface area contributed by atoms with E-state index in [9.17, 15) is 9.59 Å². The van der Waals surface area contributed by atoms with Crippen LogP contribution < -0.4 is 15.8 Å². The topological polar surface area (TPSA) is 83.6 Å². The van der Waals surface area contributed by atoms with Gasteiger partial charge in [0.05, 0.1) is 0 Å². The first-order chi connectivity index (χ1) is 15.1. The van der Waals surface area contributed by atoms with E-state index in [1.54, 1.807) is 9.47 Å². The fourth-order valence-corrected chi connectivity index (χ4v) is 4.53. The maximum absolute atomic E-state index is 13.3. The summed E-state index contributed by atoms with van der Waals surface area (Å²) < 4.78 is 7.62. The molecule has 0 spiro atoms. The lowest BCUT2D eigenvalue weighted by molar-refractivity contribution is 0.0741. The van der Waals surface area contributed by atoms with Crippen LogP contribution >= 0.6 is 24.8 Å². The van der Waals surface area contributed by atoms with Gasteiger partial charge in [0.2, 0.25) is 0 Å². The zero-order valence-corrected chi connectivity index (χ0v) is 20.2. The molecule has 0 aliphatic carbocycles. The van der Waals surface area contributed by atoms with Gasteiger partial charge in [-0.25, -0.2) is 0 Å². The van der Waals surface area contributed by atoms with Crippen molar-refractivity contribution in [3.05, 3.63) is 58.0 Å². The van der Waals surface area contributed by atoms with Gasteiger partial charge in [-0.15, -0.1) is 24.8 Å². The van der Waals surface area contributed by atoms with E-state index in [2.05, 4.69) is 15.2 Å². The Balaban J connectivity index is 0.00000153. The van der Waals surface area contributed by atoms with E-state index in [4.69, 9.17) is 4.42 Å². The van der Waals surface area contributed by atoms with Crippen LogP contribution in [0.3, 0.4) is 0 Å². The van der Waals surface area contributed by atoms with Gasteiger partial charge < -0.3 is 24.1 Å². The molecule has 3 aromatic rings. The monoisotopic (exact) mass is 493 g/mol. The number of piperidine rings is 1. The number of amides is 1. The number of pyridine rings is 1. The van der Waals surface area contributed by atoms with E-state index in [1.807, 2.05) is 43.5 Å². The second-order valence-corrected chi connectivity index (χ2v) is 8.31. The number of carbonyl (C=O) groups excluding carboxylic acids is 1. The molecule has 0 radical (unpaired) electrons. The molecule has 0 saturated carbocycles. The van der Waals surface area contributed by atoms with Crippen molar-refractivity contribution in [2.24, 2.45) is 0 Å². The molecule has 1 amide bonds. The molecule has 178 valence electrons. The quantitative estimate of drug-likeness (QED) is 0.603. The number of nitrogens with zero attached hydrogens (tertiary/aromatic N) is 4. The number of fused-ring (bicyclic) bond motifs is 1. The number of rotatable bonds is 3. The van der Waals surface area contributed by atoms with Crippen molar-refractivity contribution in [2.75, 3.05) is 44.2 Å². The summed E-state index contributed by atoms with van der Waals surface area (Å²) in [6, 6.07) is 10.3. The van der Waals surface area contributed by atoms with Crippen molar-refractivity contribution in [1.82, 2.24) is 19.8 Å². The van der Waals surface area contributed by atoms with Crippen LogP contribution in [0.2, 0.25) is 0 Å². The normalized spacial score (nSPS) is 16.9. The van der Waals surface area contributed by atoms with Gasteiger partial charge >= 0.3 is 0 Å². The Bertz CT molecular complexity index is 1130. The molecule has 1 aromatic carbocycles. The molecule has 1 N–H and O–H groups in total. The number of nitrogens with one attached hydrogen (secondary N) is 1. The van der Waals surface area contributed by atoms with Crippen LogP contribution in [0.5, 0.6) is 0 Å². The molecule has 2 saturated heterocycles. The molecule has 4 heterocycles. The average Bonchev–Trinajstić information content (AvgIpc) is 3.24. The summed E-state index contributed by atoms with van der Waals surface area (Å²) in [5.74, 6) is -0.178. The van der Waals surface area contributed by atoms with E-state index in [-0.39, 0.29) is 42.3 Å². The average molecular weight is 494 g/mol. The van der Waals surface area contributed by atoms with Crippen molar-refractivity contribution < 1.29 is 9.21 Å². The molecule has 5 rings (SSSR count). The Morgan fingerprint density at radius 1 is 1.06 bits per heavy atom. The minimum absolute atomic E-state index is 0. The van der Waals surface area contributed by atoms with Crippen molar-refractivity contribution in [3.8, 4) is 0 Å². The smallest absolute Gasteiger partial charge is 0.298 e. The maximum Gasteiger partial charge on any atom is 0.298 e. The number of carbonyl (C=O) groups is 1. The Morgan fingerprint density at radius 3 is 2.45 bits per heavy atom. The molecule has 8 nitrogen and oxygen atoms in total.